The van der Waals surface area contributed by atoms with Gasteiger partial charge in [-0.1, -0.05) is 32.0 Å². The molecule has 1 aromatic carbocycles. The monoisotopic (exact) mass is 276 g/mol. The lowest BCUT2D eigenvalue weighted by Crippen LogP contribution is -2.29. The number of nitrogens with one attached hydrogen (secondary N) is 2. The second-order valence-corrected chi connectivity index (χ2v) is 5.14. The molecule has 2 unspecified atom stereocenters. The van der Waals surface area contributed by atoms with Gasteiger partial charge < -0.3 is 15.4 Å². The number of hydrogen-bond donors (Lipinski definition) is 2. The summed E-state index contributed by atoms with van der Waals surface area (Å²) in [6.07, 6.45) is 1.77. The Labute approximate surface area is 120 Å². The average molecular weight is 276 g/mol. The molecule has 1 aromatic rings. The fourth-order valence-corrected chi connectivity index (χ4v) is 2.63. The summed E-state index contributed by atoms with van der Waals surface area (Å²) in [6, 6.07) is 7.95. The van der Waals surface area contributed by atoms with Crippen LogP contribution in [0.5, 0.6) is 0 Å². The number of anilines is 1. The first-order chi connectivity index (χ1) is 9.76. The van der Waals surface area contributed by atoms with Gasteiger partial charge in [-0.15, -0.1) is 0 Å². The van der Waals surface area contributed by atoms with Gasteiger partial charge in [0.05, 0.1) is 12.0 Å². The average Bonchev–Trinajstić information content (AvgIpc) is 2.95. The molecule has 110 valence electrons. The minimum atomic E-state index is -0.0211. The van der Waals surface area contributed by atoms with Gasteiger partial charge in [-0.05, 0) is 31.0 Å². The summed E-state index contributed by atoms with van der Waals surface area (Å²) in [6.45, 7) is 6.51. The molecule has 1 heterocycles. The van der Waals surface area contributed by atoms with Crippen LogP contribution in [0.1, 0.15) is 32.3 Å². The highest BCUT2D eigenvalue weighted by molar-refractivity contribution is 5.93. The van der Waals surface area contributed by atoms with Crippen molar-refractivity contribution in [3.8, 4) is 0 Å². The van der Waals surface area contributed by atoms with Gasteiger partial charge in [0.2, 0.25) is 5.91 Å². The summed E-state index contributed by atoms with van der Waals surface area (Å²) in [5.41, 5.74) is 2.02. The zero-order valence-electron chi connectivity index (χ0n) is 12.3. The van der Waals surface area contributed by atoms with Crippen molar-refractivity contribution in [2.24, 2.45) is 5.92 Å². The Bertz CT molecular complexity index is 448. The molecule has 0 aromatic heterocycles. The Balaban J connectivity index is 2.03. The maximum absolute atomic E-state index is 12.4. The molecule has 1 amide bonds. The van der Waals surface area contributed by atoms with E-state index in [1.54, 1.807) is 0 Å². The molecule has 2 N–H and O–H groups in total. The van der Waals surface area contributed by atoms with Crippen LogP contribution in [0.2, 0.25) is 0 Å². The molecule has 20 heavy (non-hydrogen) atoms. The number of ether oxygens (including phenoxy) is 1. The lowest BCUT2D eigenvalue weighted by Gasteiger charge is -2.18. The van der Waals surface area contributed by atoms with Gasteiger partial charge in [-0.2, -0.15) is 0 Å². The SMILES string of the molecule is CCNCc1ccccc1NC(=O)C1CCOC1CC. The first-order valence-electron chi connectivity index (χ1n) is 7.47. The molecule has 4 nitrogen and oxygen atoms in total. The zero-order chi connectivity index (χ0) is 14.4. The van der Waals surface area contributed by atoms with Crippen molar-refractivity contribution in [3.05, 3.63) is 29.8 Å². The van der Waals surface area contributed by atoms with Crippen LogP contribution >= 0.6 is 0 Å². The molecule has 0 radical (unpaired) electrons. The predicted molar refractivity (Wildman–Crippen MR) is 80.6 cm³/mol. The minimum absolute atomic E-state index is 0.0211. The van der Waals surface area contributed by atoms with E-state index in [4.69, 9.17) is 4.74 Å². The highest BCUT2D eigenvalue weighted by Crippen LogP contribution is 2.25. The molecule has 0 saturated carbocycles. The first kappa shape index (κ1) is 15.0. The van der Waals surface area contributed by atoms with Gasteiger partial charge in [0.1, 0.15) is 0 Å². The summed E-state index contributed by atoms with van der Waals surface area (Å²) < 4.78 is 5.60. The van der Waals surface area contributed by atoms with E-state index in [9.17, 15) is 4.79 Å². The maximum Gasteiger partial charge on any atom is 0.230 e. The van der Waals surface area contributed by atoms with Crippen LogP contribution in [0.3, 0.4) is 0 Å². The molecule has 0 bridgehead atoms. The number of carbonyl (C=O) groups is 1. The summed E-state index contributed by atoms with van der Waals surface area (Å²) in [7, 11) is 0. The lowest BCUT2D eigenvalue weighted by atomic mass is 9.98. The van der Waals surface area contributed by atoms with Crippen molar-refractivity contribution in [3.63, 3.8) is 0 Å². The maximum atomic E-state index is 12.4. The van der Waals surface area contributed by atoms with Crippen molar-refractivity contribution in [1.29, 1.82) is 0 Å². The van der Waals surface area contributed by atoms with Gasteiger partial charge in [-0.25, -0.2) is 0 Å². The zero-order valence-corrected chi connectivity index (χ0v) is 12.3. The van der Waals surface area contributed by atoms with Crippen molar-refractivity contribution in [2.75, 3.05) is 18.5 Å². The molecule has 2 atom stereocenters. The van der Waals surface area contributed by atoms with E-state index >= 15 is 0 Å². The molecule has 1 aliphatic heterocycles. The topological polar surface area (TPSA) is 50.4 Å². The third-order valence-electron chi connectivity index (χ3n) is 3.79. The number of rotatable bonds is 6. The smallest absolute Gasteiger partial charge is 0.230 e. The number of amides is 1. The van der Waals surface area contributed by atoms with Crippen LogP contribution in [-0.4, -0.2) is 25.2 Å². The van der Waals surface area contributed by atoms with Crippen molar-refractivity contribution in [1.82, 2.24) is 5.32 Å². The number of hydrogen-bond acceptors (Lipinski definition) is 3. The van der Waals surface area contributed by atoms with E-state index in [0.717, 1.165) is 37.2 Å². The van der Waals surface area contributed by atoms with Gasteiger partial charge >= 0.3 is 0 Å². The molecule has 0 aliphatic carbocycles. The number of para-hydroxylation sites is 1. The van der Waals surface area contributed by atoms with E-state index in [0.29, 0.717) is 6.61 Å². The van der Waals surface area contributed by atoms with Crippen molar-refractivity contribution >= 4 is 11.6 Å². The predicted octanol–water partition coefficient (Wildman–Crippen LogP) is 2.55. The fourth-order valence-electron chi connectivity index (χ4n) is 2.63. The quantitative estimate of drug-likeness (QED) is 0.839. The Morgan fingerprint density at radius 2 is 2.15 bits per heavy atom. The van der Waals surface area contributed by atoms with E-state index in [1.165, 1.54) is 0 Å². The number of carbonyl (C=O) groups excluding carboxylic acids is 1. The Hall–Kier alpha value is -1.39. The summed E-state index contributed by atoms with van der Waals surface area (Å²) >= 11 is 0. The summed E-state index contributed by atoms with van der Waals surface area (Å²) in [4.78, 5) is 12.4. The van der Waals surface area contributed by atoms with Crippen LogP contribution in [0.15, 0.2) is 24.3 Å². The van der Waals surface area contributed by atoms with E-state index < -0.39 is 0 Å². The lowest BCUT2D eigenvalue weighted by molar-refractivity contribution is -0.121. The van der Waals surface area contributed by atoms with E-state index in [-0.39, 0.29) is 17.9 Å². The normalized spacial score (nSPS) is 21.9. The van der Waals surface area contributed by atoms with Crippen LogP contribution < -0.4 is 10.6 Å². The van der Waals surface area contributed by atoms with Crippen LogP contribution in [0.4, 0.5) is 5.69 Å². The third kappa shape index (κ3) is 3.58. The van der Waals surface area contributed by atoms with Crippen molar-refractivity contribution in [2.45, 2.75) is 39.3 Å². The highest BCUT2D eigenvalue weighted by Gasteiger charge is 2.32. The van der Waals surface area contributed by atoms with Gasteiger partial charge in [0.25, 0.3) is 0 Å². The Morgan fingerprint density at radius 3 is 2.90 bits per heavy atom. The van der Waals surface area contributed by atoms with Crippen molar-refractivity contribution < 1.29 is 9.53 Å². The van der Waals surface area contributed by atoms with Crippen LogP contribution in [0, 0.1) is 5.92 Å². The first-order valence-corrected chi connectivity index (χ1v) is 7.47. The minimum Gasteiger partial charge on any atom is -0.377 e. The standard InChI is InChI=1S/C16H24N2O2/c1-3-15-13(9-10-20-15)16(19)18-14-8-6-5-7-12(14)11-17-4-2/h5-8,13,15,17H,3-4,9-11H2,1-2H3,(H,18,19). The molecular weight excluding hydrogens is 252 g/mol. The van der Waals surface area contributed by atoms with Gasteiger partial charge in [0.15, 0.2) is 0 Å². The van der Waals surface area contributed by atoms with Crippen LogP contribution in [0.25, 0.3) is 0 Å². The molecule has 2 rings (SSSR count). The summed E-state index contributed by atoms with van der Waals surface area (Å²) in [5, 5.41) is 6.36. The molecular formula is C16H24N2O2. The third-order valence-corrected chi connectivity index (χ3v) is 3.79. The van der Waals surface area contributed by atoms with E-state index in [2.05, 4.69) is 24.5 Å². The molecule has 0 spiro atoms. The summed E-state index contributed by atoms with van der Waals surface area (Å²) in [5.74, 6) is 0.0606. The molecule has 1 fully saturated rings. The molecule has 1 saturated heterocycles. The Kier molecular flexibility index (Phi) is 5.56. The molecule has 1 aliphatic rings. The largest absolute Gasteiger partial charge is 0.377 e. The van der Waals surface area contributed by atoms with Crippen LogP contribution in [-0.2, 0) is 16.1 Å². The number of benzene rings is 1. The Morgan fingerprint density at radius 1 is 1.35 bits per heavy atom. The highest BCUT2D eigenvalue weighted by atomic mass is 16.5. The molecule has 4 heteroatoms. The van der Waals surface area contributed by atoms with Gasteiger partial charge in [-0.3, -0.25) is 4.79 Å². The van der Waals surface area contributed by atoms with Gasteiger partial charge in [0, 0.05) is 18.8 Å². The second kappa shape index (κ2) is 7.41. The second-order valence-electron chi connectivity index (χ2n) is 5.14. The fraction of sp³-hybridized carbons (Fsp3) is 0.562. The van der Waals surface area contributed by atoms with E-state index in [1.807, 2.05) is 24.3 Å².